The standard InChI is InChI=1S/C19H26N4O3/c20-14-17(15-21-7-1-9-23-10-12-26-13-11-23)19(25)22-8-6-16-2-4-18(24)5-3-16/h2-5,15,21,24H,1,6-13H2,(H,22,25)/b17-15-. The van der Waals surface area contributed by atoms with Gasteiger partial charge in [-0.05, 0) is 37.1 Å². The summed E-state index contributed by atoms with van der Waals surface area (Å²) in [5.74, 6) is -0.167. The van der Waals surface area contributed by atoms with Gasteiger partial charge in [0.1, 0.15) is 17.4 Å². The van der Waals surface area contributed by atoms with E-state index in [2.05, 4.69) is 15.5 Å². The molecule has 2 rings (SSSR count). The molecule has 1 fully saturated rings. The lowest BCUT2D eigenvalue weighted by Gasteiger charge is -2.26. The van der Waals surface area contributed by atoms with Crippen LogP contribution in [0.15, 0.2) is 36.0 Å². The summed E-state index contributed by atoms with van der Waals surface area (Å²) >= 11 is 0. The Labute approximate surface area is 154 Å². The van der Waals surface area contributed by atoms with Gasteiger partial charge in [0.05, 0.1) is 13.2 Å². The Kier molecular flexibility index (Phi) is 8.46. The van der Waals surface area contributed by atoms with E-state index in [4.69, 9.17) is 10.00 Å². The van der Waals surface area contributed by atoms with E-state index in [1.807, 2.05) is 6.07 Å². The molecule has 1 heterocycles. The highest BCUT2D eigenvalue weighted by atomic mass is 16.5. The molecule has 7 nitrogen and oxygen atoms in total. The number of benzene rings is 1. The topological polar surface area (TPSA) is 97.6 Å². The summed E-state index contributed by atoms with van der Waals surface area (Å²) in [7, 11) is 0. The van der Waals surface area contributed by atoms with Gasteiger partial charge in [0.25, 0.3) is 5.91 Å². The number of hydrogen-bond acceptors (Lipinski definition) is 6. The smallest absolute Gasteiger partial charge is 0.263 e. The summed E-state index contributed by atoms with van der Waals surface area (Å²) in [5.41, 5.74) is 1.08. The fraction of sp³-hybridized carbons (Fsp3) is 0.474. The van der Waals surface area contributed by atoms with Gasteiger partial charge < -0.3 is 20.5 Å². The number of ether oxygens (including phenoxy) is 1. The largest absolute Gasteiger partial charge is 0.508 e. The predicted molar refractivity (Wildman–Crippen MR) is 98.4 cm³/mol. The van der Waals surface area contributed by atoms with Crippen LogP contribution in [0.2, 0.25) is 0 Å². The maximum Gasteiger partial charge on any atom is 0.263 e. The van der Waals surface area contributed by atoms with Gasteiger partial charge >= 0.3 is 0 Å². The van der Waals surface area contributed by atoms with E-state index in [1.165, 1.54) is 6.20 Å². The minimum atomic E-state index is -0.382. The molecule has 0 aromatic heterocycles. The lowest BCUT2D eigenvalue weighted by Crippen LogP contribution is -2.37. The summed E-state index contributed by atoms with van der Waals surface area (Å²) in [6, 6.07) is 8.75. The summed E-state index contributed by atoms with van der Waals surface area (Å²) in [6.07, 6.45) is 3.06. The average molecular weight is 358 g/mol. The Hall–Kier alpha value is -2.56. The highest BCUT2D eigenvalue weighted by Crippen LogP contribution is 2.09. The second-order valence-corrected chi connectivity index (χ2v) is 6.10. The van der Waals surface area contributed by atoms with Crippen molar-refractivity contribution in [3.05, 3.63) is 41.6 Å². The van der Waals surface area contributed by atoms with Crippen LogP contribution >= 0.6 is 0 Å². The fourth-order valence-corrected chi connectivity index (χ4v) is 2.63. The van der Waals surface area contributed by atoms with Crippen molar-refractivity contribution in [2.75, 3.05) is 45.9 Å². The number of phenolic OH excluding ortho intramolecular Hbond substituents is 1. The molecule has 26 heavy (non-hydrogen) atoms. The van der Waals surface area contributed by atoms with Crippen LogP contribution in [0.4, 0.5) is 0 Å². The Morgan fingerprint density at radius 1 is 1.27 bits per heavy atom. The molecule has 0 bridgehead atoms. The van der Waals surface area contributed by atoms with Gasteiger partial charge in [-0.1, -0.05) is 12.1 Å². The minimum absolute atomic E-state index is 0.0714. The zero-order chi connectivity index (χ0) is 18.6. The first kappa shape index (κ1) is 19.8. The Morgan fingerprint density at radius 3 is 2.69 bits per heavy atom. The number of carbonyl (C=O) groups excluding carboxylic acids is 1. The van der Waals surface area contributed by atoms with E-state index in [0.29, 0.717) is 19.5 Å². The van der Waals surface area contributed by atoms with Crippen LogP contribution in [-0.4, -0.2) is 61.9 Å². The monoisotopic (exact) mass is 358 g/mol. The Bertz CT molecular complexity index is 631. The van der Waals surface area contributed by atoms with E-state index < -0.39 is 0 Å². The molecule has 0 atom stereocenters. The van der Waals surface area contributed by atoms with E-state index in [9.17, 15) is 9.90 Å². The normalized spacial score (nSPS) is 15.3. The molecule has 140 valence electrons. The van der Waals surface area contributed by atoms with Gasteiger partial charge in [0.2, 0.25) is 0 Å². The molecule has 1 saturated heterocycles. The second-order valence-electron chi connectivity index (χ2n) is 6.10. The zero-order valence-corrected chi connectivity index (χ0v) is 14.9. The van der Waals surface area contributed by atoms with Crippen LogP contribution < -0.4 is 10.6 Å². The van der Waals surface area contributed by atoms with Gasteiger partial charge in [0.15, 0.2) is 0 Å². The molecule has 1 aromatic rings. The molecule has 7 heteroatoms. The molecule has 0 radical (unpaired) electrons. The van der Waals surface area contributed by atoms with Crippen LogP contribution in [0.25, 0.3) is 0 Å². The van der Waals surface area contributed by atoms with E-state index in [-0.39, 0.29) is 17.2 Å². The molecule has 0 saturated carbocycles. The van der Waals surface area contributed by atoms with Crippen molar-refractivity contribution >= 4 is 5.91 Å². The fourth-order valence-electron chi connectivity index (χ4n) is 2.63. The third-order valence-corrected chi connectivity index (χ3v) is 4.15. The first-order valence-corrected chi connectivity index (χ1v) is 8.89. The van der Waals surface area contributed by atoms with Crippen molar-refractivity contribution in [1.29, 1.82) is 5.26 Å². The highest BCUT2D eigenvalue weighted by Gasteiger charge is 2.10. The maximum absolute atomic E-state index is 12.0. The number of amides is 1. The SMILES string of the molecule is N#C/C(=C/NCCCN1CCOCC1)C(=O)NCCc1ccc(O)cc1. The number of carbonyl (C=O) groups is 1. The number of aromatic hydroxyl groups is 1. The quantitative estimate of drug-likeness (QED) is 0.343. The first-order chi connectivity index (χ1) is 12.7. The van der Waals surface area contributed by atoms with E-state index in [0.717, 1.165) is 44.8 Å². The van der Waals surface area contributed by atoms with Crippen molar-refractivity contribution in [2.24, 2.45) is 0 Å². The van der Waals surface area contributed by atoms with Gasteiger partial charge in [0, 0.05) is 32.4 Å². The molecular weight excluding hydrogens is 332 g/mol. The molecule has 0 aliphatic carbocycles. The molecule has 1 aliphatic heterocycles. The van der Waals surface area contributed by atoms with Gasteiger partial charge in [-0.25, -0.2) is 0 Å². The number of nitrogens with one attached hydrogen (secondary N) is 2. The number of morpholine rings is 1. The van der Waals surface area contributed by atoms with Gasteiger partial charge in [-0.15, -0.1) is 0 Å². The maximum atomic E-state index is 12.0. The molecule has 1 amide bonds. The second kappa shape index (κ2) is 11.1. The van der Waals surface area contributed by atoms with Crippen LogP contribution in [0.5, 0.6) is 5.75 Å². The summed E-state index contributed by atoms with van der Waals surface area (Å²) in [4.78, 5) is 14.4. The molecule has 1 aliphatic rings. The van der Waals surface area contributed by atoms with Gasteiger partial charge in [-0.3, -0.25) is 9.69 Å². The van der Waals surface area contributed by atoms with E-state index >= 15 is 0 Å². The summed E-state index contributed by atoms with van der Waals surface area (Å²) < 4.78 is 5.31. The van der Waals surface area contributed by atoms with Crippen molar-refractivity contribution in [3.63, 3.8) is 0 Å². The molecular formula is C19H26N4O3. The average Bonchev–Trinajstić information content (AvgIpc) is 2.67. The molecule has 0 spiro atoms. The number of nitriles is 1. The number of rotatable bonds is 9. The Balaban J connectivity index is 1.64. The predicted octanol–water partition coefficient (Wildman–Crippen LogP) is 0.770. The lowest BCUT2D eigenvalue weighted by atomic mass is 10.1. The number of hydrogen-bond donors (Lipinski definition) is 3. The minimum Gasteiger partial charge on any atom is -0.508 e. The van der Waals surface area contributed by atoms with Crippen molar-refractivity contribution in [2.45, 2.75) is 12.8 Å². The summed E-state index contributed by atoms with van der Waals surface area (Å²) in [5, 5.41) is 24.2. The van der Waals surface area contributed by atoms with Crippen molar-refractivity contribution in [1.82, 2.24) is 15.5 Å². The van der Waals surface area contributed by atoms with Crippen LogP contribution in [0.3, 0.4) is 0 Å². The number of phenols is 1. The number of nitrogens with zero attached hydrogens (tertiary/aromatic N) is 2. The third-order valence-electron chi connectivity index (χ3n) is 4.15. The zero-order valence-electron chi connectivity index (χ0n) is 14.9. The van der Waals surface area contributed by atoms with Gasteiger partial charge in [-0.2, -0.15) is 5.26 Å². The van der Waals surface area contributed by atoms with E-state index in [1.54, 1.807) is 24.3 Å². The van der Waals surface area contributed by atoms with Crippen LogP contribution in [0.1, 0.15) is 12.0 Å². The third kappa shape index (κ3) is 7.13. The lowest BCUT2D eigenvalue weighted by molar-refractivity contribution is -0.117. The van der Waals surface area contributed by atoms with Crippen LogP contribution in [-0.2, 0) is 16.0 Å². The molecule has 0 unspecified atom stereocenters. The van der Waals surface area contributed by atoms with Crippen molar-refractivity contribution < 1.29 is 14.6 Å². The molecule has 1 aromatic carbocycles. The summed E-state index contributed by atoms with van der Waals surface area (Å²) in [6.45, 7) is 5.62. The van der Waals surface area contributed by atoms with Crippen LogP contribution in [0, 0.1) is 11.3 Å². The first-order valence-electron chi connectivity index (χ1n) is 8.89. The van der Waals surface area contributed by atoms with Crippen molar-refractivity contribution in [3.8, 4) is 11.8 Å². The Morgan fingerprint density at radius 2 is 2.00 bits per heavy atom. The molecule has 3 N–H and O–H groups in total. The highest BCUT2D eigenvalue weighted by molar-refractivity contribution is 5.97.